The number of nitrogens with zero attached hydrogens (tertiary/aromatic N) is 3. The van der Waals surface area contributed by atoms with Crippen LogP contribution in [0.2, 0.25) is 0 Å². The van der Waals surface area contributed by atoms with E-state index in [0.29, 0.717) is 6.04 Å². The molecule has 1 aromatic rings. The highest BCUT2D eigenvalue weighted by Crippen LogP contribution is 2.09. The van der Waals surface area contributed by atoms with Crippen LogP contribution in [0.25, 0.3) is 0 Å². The van der Waals surface area contributed by atoms with Crippen molar-refractivity contribution < 1.29 is 0 Å². The van der Waals surface area contributed by atoms with Crippen LogP contribution in [0.3, 0.4) is 0 Å². The summed E-state index contributed by atoms with van der Waals surface area (Å²) >= 11 is 0. The second-order valence-corrected chi connectivity index (χ2v) is 5.49. The van der Waals surface area contributed by atoms with Gasteiger partial charge in [-0.05, 0) is 39.2 Å². The Balaban J connectivity index is 1.80. The number of nitrogens with one attached hydrogen (secondary N) is 1. The third-order valence-corrected chi connectivity index (χ3v) is 3.84. The van der Waals surface area contributed by atoms with Crippen molar-refractivity contribution in [2.45, 2.75) is 71.5 Å². The highest BCUT2D eigenvalue weighted by atomic mass is 16.2. The number of aryl methyl sites for hydroxylation is 2. The lowest BCUT2D eigenvalue weighted by molar-refractivity contribution is 0.467. The first-order valence-electron chi connectivity index (χ1n) is 7.62. The van der Waals surface area contributed by atoms with Gasteiger partial charge in [0.25, 0.3) is 0 Å². The molecule has 0 amide bonds. The second kappa shape index (κ2) is 6.89. The fraction of sp³-hybridized carbons (Fsp3) is 0.857. The lowest BCUT2D eigenvalue weighted by atomic mass is 10.1. The minimum absolute atomic E-state index is 0.0921. The van der Waals surface area contributed by atoms with Gasteiger partial charge in [-0.2, -0.15) is 5.10 Å². The van der Waals surface area contributed by atoms with Gasteiger partial charge < -0.3 is 5.32 Å². The first-order chi connectivity index (χ1) is 9.22. The molecule has 19 heavy (non-hydrogen) atoms. The van der Waals surface area contributed by atoms with Crippen molar-refractivity contribution in [1.29, 1.82) is 0 Å². The molecule has 1 atom stereocenters. The second-order valence-electron chi connectivity index (χ2n) is 5.49. The van der Waals surface area contributed by atoms with E-state index in [1.165, 1.54) is 0 Å². The van der Waals surface area contributed by atoms with Crippen LogP contribution in [0, 0.1) is 0 Å². The molecule has 108 valence electrons. The summed E-state index contributed by atoms with van der Waals surface area (Å²) in [6.45, 7) is 6.98. The van der Waals surface area contributed by atoms with Gasteiger partial charge in [0.05, 0.1) is 0 Å². The quantitative estimate of drug-likeness (QED) is 0.762. The molecule has 2 heterocycles. The highest BCUT2D eigenvalue weighted by Gasteiger charge is 2.16. The first-order valence-corrected chi connectivity index (χ1v) is 7.62. The van der Waals surface area contributed by atoms with Gasteiger partial charge in [0.2, 0.25) is 0 Å². The van der Waals surface area contributed by atoms with Crippen molar-refractivity contribution in [2.75, 3.05) is 6.54 Å². The van der Waals surface area contributed by atoms with Crippen LogP contribution in [-0.4, -0.2) is 26.9 Å². The molecule has 0 saturated carbocycles. The molecule has 1 N–H and O–H groups in total. The van der Waals surface area contributed by atoms with Crippen molar-refractivity contribution in [3.8, 4) is 0 Å². The summed E-state index contributed by atoms with van der Waals surface area (Å²) in [5, 5.41) is 7.86. The molecule has 1 aliphatic heterocycles. The molecule has 0 fully saturated rings. The maximum Gasteiger partial charge on any atom is 0.345 e. The van der Waals surface area contributed by atoms with Gasteiger partial charge >= 0.3 is 5.69 Å². The maximum absolute atomic E-state index is 12.1. The number of rotatable bonds is 7. The van der Waals surface area contributed by atoms with Crippen molar-refractivity contribution in [3.63, 3.8) is 0 Å². The van der Waals surface area contributed by atoms with Crippen LogP contribution in [0.5, 0.6) is 0 Å². The number of unbranched alkanes of at least 4 members (excludes halogenated alkanes) is 1. The van der Waals surface area contributed by atoms with E-state index in [1.807, 2.05) is 4.57 Å². The Morgan fingerprint density at radius 1 is 1.37 bits per heavy atom. The molecule has 0 bridgehead atoms. The lowest BCUT2D eigenvalue weighted by Gasteiger charge is -2.11. The standard InChI is InChI=1S/C14H26N4O/c1-3-15-12(2)8-4-7-11-18-14(19)17-10-6-5-9-13(17)16-18/h12,15H,3-11H2,1-2H3. The third-order valence-electron chi connectivity index (χ3n) is 3.84. The Kier molecular flexibility index (Phi) is 5.19. The molecule has 5 nitrogen and oxygen atoms in total. The molecule has 2 rings (SSSR count). The minimum Gasteiger partial charge on any atom is -0.315 e. The van der Waals surface area contributed by atoms with E-state index in [-0.39, 0.29) is 5.69 Å². The largest absolute Gasteiger partial charge is 0.345 e. The van der Waals surface area contributed by atoms with Crippen LogP contribution in [0.4, 0.5) is 0 Å². The average molecular weight is 266 g/mol. The molecule has 1 unspecified atom stereocenters. The topological polar surface area (TPSA) is 51.9 Å². The molecule has 0 aromatic carbocycles. The Morgan fingerprint density at radius 3 is 2.95 bits per heavy atom. The van der Waals surface area contributed by atoms with E-state index in [9.17, 15) is 4.79 Å². The van der Waals surface area contributed by atoms with Crippen LogP contribution in [0.15, 0.2) is 4.79 Å². The smallest absolute Gasteiger partial charge is 0.315 e. The van der Waals surface area contributed by atoms with Gasteiger partial charge in [-0.25, -0.2) is 9.48 Å². The van der Waals surface area contributed by atoms with Crippen molar-refractivity contribution in [1.82, 2.24) is 19.7 Å². The summed E-state index contributed by atoms with van der Waals surface area (Å²) in [4.78, 5) is 12.1. The summed E-state index contributed by atoms with van der Waals surface area (Å²) < 4.78 is 3.52. The SMILES string of the molecule is CCNC(C)CCCCn1nc2n(c1=O)CCCC2. The number of fused-ring (bicyclic) bond motifs is 1. The highest BCUT2D eigenvalue weighted by molar-refractivity contribution is 4.91. The third kappa shape index (κ3) is 3.69. The van der Waals surface area contributed by atoms with Crippen LogP contribution >= 0.6 is 0 Å². The predicted molar refractivity (Wildman–Crippen MR) is 76.4 cm³/mol. The van der Waals surface area contributed by atoms with Crippen LogP contribution in [0.1, 0.15) is 51.8 Å². The molecular weight excluding hydrogens is 240 g/mol. The predicted octanol–water partition coefficient (Wildman–Crippen LogP) is 1.55. The van der Waals surface area contributed by atoms with Gasteiger partial charge in [0, 0.05) is 25.6 Å². The van der Waals surface area contributed by atoms with E-state index < -0.39 is 0 Å². The first kappa shape index (κ1) is 14.3. The fourth-order valence-corrected chi connectivity index (χ4v) is 2.76. The molecular formula is C14H26N4O. The Bertz CT molecular complexity index is 449. The van der Waals surface area contributed by atoms with E-state index in [4.69, 9.17) is 0 Å². The molecule has 1 aliphatic rings. The monoisotopic (exact) mass is 266 g/mol. The lowest BCUT2D eigenvalue weighted by Crippen LogP contribution is -2.27. The number of aromatic nitrogens is 3. The zero-order valence-corrected chi connectivity index (χ0v) is 12.2. The molecule has 0 radical (unpaired) electrons. The van der Waals surface area contributed by atoms with Gasteiger partial charge in [0.15, 0.2) is 0 Å². The summed E-state index contributed by atoms with van der Waals surface area (Å²) in [6.07, 6.45) is 6.57. The Labute approximate surface area is 115 Å². The fourth-order valence-electron chi connectivity index (χ4n) is 2.76. The van der Waals surface area contributed by atoms with Crippen molar-refractivity contribution >= 4 is 0 Å². The summed E-state index contributed by atoms with van der Waals surface area (Å²) in [7, 11) is 0. The minimum atomic E-state index is 0.0921. The van der Waals surface area contributed by atoms with Crippen molar-refractivity contribution in [2.24, 2.45) is 0 Å². The van der Waals surface area contributed by atoms with E-state index in [0.717, 1.165) is 64.0 Å². The average Bonchev–Trinajstić information content (AvgIpc) is 2.73. The van der Waals surface area contributed by atoms with Crippen LogP contribution < -0.4 is 11.0 Å². The van der Waals surface area contributed by atoms with Gasteiger partial charge in [-0.3, -0.25) is 4.57 Å². The summed E-state index contributed by atoms with van der Waals surface area (Å²) in [6, 6.07) is 0.567. The zero-order valence-electron chi connectivity index (χ0n) is 12.2. The maximum atomic E-state index is 12.1. The van der Waals surface area contributed by atoms with Crippen LogP contribution in [-0.2, 0) is 19.5 Å². The van der Waals surface area contributed by atoms with Gasteiger partial charge in [-0.1, -0.05) is 13.3 Å². The number of hydrogen-bond donors (Lipinski definition) is 1. The Morgan fingerprint density at radius 2 is 2.21 bits per heavy atom. The zero-order chi connectivity index (χ0) is 13.7. The normalized spacial score (nSPS) is 16.3. The molecule has 0 spiro atoms. The van der Waals surface area contributed by atoms with E-state index in [2.05, 4.69) is 24.3 Å². The molecule has 5 heteroatoms. The van der Waals surface area contributed by atoms with E-state index in [1.54, 1.807) is 4.68 Å². The molecule has 0 saturated heterocycles. The van der Waals surface area contributed by atoms with Gasteiger partial charge in [-0.15, -0.1) is 0 Å². The van der Waals surface area contributed by atoms with E-state index >= 15 is 0 Å². The van der Waals surface area contributed by atoms with Gasteiger partial charge in [0.1, 0.15) is 5.82 Å². The summed E-state index contributed by atoms with van der Waals surface area (Å²) in [5.74, 6) is 0.984. The summed E-state index contributed by atoms with van der Waals surface area (Å²) in [5.41, 5.74) is 0.0921. The van der Waals surface area contributed by atoms with Crippen molar-refractivity contribution in [3.05, 3.63) is 16.3 Å². The molecule has 0 aliphatic carbocycles. The molecule has 1 aromatic heterocycles. The number of hydrogen-bond acceptors (Lipinski definition) is 3. The Hall–Kier alpha value is -1.10.